The molecule has 2 N–H and O–H groups in total. The molecule has 2 aromatic carbocycles. The molecule has 0 radical (unpaired) electrons. The Balaban J connectivity index is 0.00000103. The lowest BCUT2D eigenvalue weighted by atomic mass is 9.82. The third-order valence-corrected chi connectivity index (χ3v) is 7.95. The number of carbonyl (C=O) groups is 2. The number of aliphatic hydroxyl groups excluding tert-OH is 1. The number of nitrogens with zero attached hydrogens (tertiary/aromatic N) is 2. The molecule has 2 aliphatic heterocycles. The highest BCUT2D eigenvalue weighted by Crippen LogP contribution is 2.33. The predicted molar refractivity (Wildman–Crippen MR) is 149 cm³/mol. The molecule has 0 spiro atoms. The molecular formula is C29H37ClF3N3O4. The topological polar surface area (TPSA) is 82.1 Å². The lowest BCUT2D eigenvalue weighted by Gasteiger charge is -2.38. The van der Waals surface area contributed by atoms with Gasteiger partial charge in [0.1, 0.15) is 5.75 Å². The fraction of sp³-hybridized carbons (Fsp3) is 0.517. The number of likely N-dealkylation sites (tertiary alicyclic amines) is 1. The largest absolute Gasteiger partial charge is 0.497 e. The number of halogens is 4. The van der Waals surface area contributed by atoms with Crippen LogP contribution in [0.4, 0.5) is 18.9 Å². The third kappa shape index (κ3) is 8.76. The van der Waals surface area contributed by atoms with Gasteiger partial charge in [-0.25, -0.2) is 0 Å². The maximum absolute atomic E-state index is 12.9. The van der Waals surface area contributed by atoms with E-state index in [2.05, 4.69) is 10.2 Å². The lowest BCUT2D eigenvalue weighted by molar-refractivity contribution is -0.142. The molecule has 11 heteroatoms. The number of aliphatic hydroxyl groups is 1. The summed E-state index contributed by atoms with van der Waals surface area (Å²) in [6.07, 6.45) is 4.25. The number of benzene rings is 2. The molecule has 2 fully saturated rings. The first-order valence-electron chi connectivity index (χ1n) is 13.4. The summed E-state index contributed by atoms with van der Waals surface area (Å²) in [5.74, 6) is 1.52. The van der Waals surface area contributed by atoms with E-state index in [0.29, 0.717) is 46.8 Å². The second-order valence-electron chi connectivity index (χ2n) is 10.1. The smallest absolute Gasteiger partial charge is 0.379 e. The Hall–Kier alpha value is -2.98. The van der Waals surface area contributed by atoms with Gasteiger partial charge in [0.05, 0.1) is 17.7 Å². The normalized spacial score (nSPS) is 17.2. The molecule has 2 aromatic rings. The maximum Gasteiger partial charge on any atom is 0.379 e. The molecule has 40 heavy (non-hydrogen) atoms. The van der Waals surface area contributed by atoms with Crippen molar-refractivity contribution >= 4 is 29.1 Å². The number of hydrogen-bond acceptors (Lipinski definition) is 5. The quantitative estimate of drug-likeness (QED) is 0.452. The molecule has 2 heterocycles. The molecule has 2 saturated heterocycles. The molecular weight excluding hydrogens is 547 g/mol. The Morgan fingerprint density at radius 2 is 1.62 bits per heavy atom. The summed E-state index contributed by atoms with van der Waals surface area (Å²) < 4.78 is 34.2. The average molecular weight is 584 g/mol. The van der Waals surface area contributed by atoms with Crippen molar-refractivity contribution in [1.29, 1.82) is 0 Å². The number of anilines is 1. The second kappa shape index (κ2) is 15.1. The van der Waals surface area contributed by atoms with Crippen molar-refractivity contribution < 1.29 is 32.6 Å². The number of alkyl halides is 3. The molecule has 0 saturated carbocycles. The van der Waals surface area contributed by atoms with E-state index in [-0.39, 0.29) is 11.8 Å². The highest BCUT2D eigenvalue weighted by atomic mass is 35.5. The minimum absolute atomic E-state index is 0.173. The third-order valence-electron chi connectivity index (χ3n) is 7.64. The number of carbonyl (C=O) groups excluding carboxylic acids is 2. The zero-order chi connectivity index (χ0) is 29.2. The standard InChI is InChI=1S/C28H36ClN3O4.CHF3/c1-30-27(34)24-7-6-22(18-25(24)29)31-12-8-19(9-13-31)16-20-10-14-32(15-11-20)28(35)26(33)21-4-3-5-23(17-21)36-2;2-1(3)4/h3-7,17-20,26,33H,8-16H2,1-2H3,(H,30,34);1H. The molecule has 2 aliphatic rings. The van der Waals surface area contributed by atoms with Crippen molar-refractivity contribution in [2.45, 2.75) is 44.9 Å². The number of amides is 2. The van der Waals surface area contributed by atoms with Crippen LogP contribution in [0.3, 0.4) is 0 Å². The molecule has 7 nitrogen and oxygen atoms in total. The van der Waals surface area contributed by atoms with E-state index in [1.807, 2.05) is 12.1 Å². The van der Waals surface area contributed by atoms with Crippen molar-refractivity contribution in [3.05, 3.63) is 58.6 Å². The zero-order valence-electron chi connectivity index (χ0n) is 22.8. The van der Waals surface area contributed by atoms with Gasteiger partial charge in [-0.15, -0.1) is 0 Å². The van der Waals surface area contributed by atoms with Crippen LogP contribution in [-0.4, -0.2) is 68.8 Å². The van der Waals surface area contributed by atoms with Crippen LogP contribution in [0, 0.1) is 11.8 Å². The molecule has 4 rings (SSSR count). The number of piperidine rings is 2. The van der Waals surface area contributed by atoms with E-state index in [0.717, 1.165) is 44.5 Å². The molecule has 0 aliphatic carbocycles. The Morgan fingerprint density at radius 1 is 1.02 bits per heavy atom. The highest BCUT2D eigenvalue weighted by Gasteiger charge is 2.30. The predicted octanol–water partition coefficient (Wildman–Crippen LogP) is 5.47. The van der Waals surface area contributed by atoms with Crippen LogP contribution in [0.25, 0.3) is 0 Å². The van der Waals surface area contributed by atoms with Gasteiger partial charge in [-0.3, -0.25) is 9.59 Å². The summed E-state index contributed by atoms with van der Waals surface area (Å²) in [4.78, 5) is 28.9. The monoisotopic (exact) mass is 583 g/mol. The molecule has 1 atom stereocenters. The van der Waals surface area contributed by atoms with Gasteiger partial charge in [0, 0.05) is 38.9 Å². The van der Waals surface area contributed by atoms with E-state index in [9.17, 15) is 27.9 Å². The van der Waals surface area contributed by atoms with Gasteiger partial charge in [-0.2, -0.15) is 13.2 Å². The van der Waals surface area contributed by atoms with Gasteiger partial charge in [0.2, 0.25) is 0 Å². The maximum atomic E-state index is 12.9. The van der Waals surface area contributed by atoms with E-state index in [4.69, 9.17) is 16.3 Å². The number of hydrogen-bond donors (Lipinski definition) is 2. The van der Waals surface area contributed by atoms with Crippen molar-refractivity contribution in [1.82, 2.24) is 10.2 Å². The van der Waals surface area contributed by atoms with E-state index in [1.165, 1.54) is 6.42 Å². The van der Waals surface area contributed by atoms with Gasteiger partial charge in [-0.05, 0) is 79.8 Å². The first kappa shape index (κ1) is 31.5. The Morgan fingerprint density at radius 3 is 2.17 bits per heavy atom. The minimum atomic E-state index is -3.67. The van der Waals surface area contributed by atoms with Crippen LogP contribution in [-0.2, 0) is 4.79 Å². The highest BCUT2D eigenvalue weighted by molar-refractivity contribution is 6.34. The summed E-state index contributed by atoms with van der Waals surface area (Å²) in [6.45, 7) is -0.326. The molecule has 1 unspecified atom stereocenters. The second-order valence-corrected chi connectivity index (χ2v) is 10.5. The van der Waals surface area contributed by atoms with Crippen molar-refractivity contribution in [2.24, 2.45) is 11.8 Å². The molecule has 220 valence electrons. The minimum Gasteiger partial charge on any atom is -0.497 e. The van der Waals surface area contributed by atoms with Gasteiger partial charge in [-0.1, -0.05) is 23.7 Å². The summed E-state index contributed by atoms with van der Waals surface area (Å²) in [5, 5.41) is 13.7. The Kier molecular flexibility index (Phi) is 11.9. The summed E-state index contributed by atoms with van der Waals surface area (Å²) in [5.41, 5.74) is 2.13. The number of nitrogens with one attached hydrogen (secondary N) is 1. The summed E-state index contributed by atoms with van der Waals surface area (Å²) in [6, 6.07) is 12.7. The van der Waals surface area contributed by atoms with E-state index < -0.39 is 12.8 Å². The van der Waals surface area contributed by atoms with Crippen LogP contribution in [0.2, 0.25) is 5.02 Å². The van der Waals surface area contributed by atoms with Crippen molar-refractivity contribution in [3.8, 4) is 5.75 Å². The van der Waals surface area contributed by atoms with Crippen LogP contribution in [0.5, 0.6) is 5.75 Å². The number of ether oxygens (including phenoxy) is 1. The number of rotatable bonds is 7. The van der Waals surface area contributed by atoms with Gasteiger partial charge in [0.25, 0.3) is 11.8 Å². The first-order valence-corrected chi connectivity index (χ1v) is 13.8. The average Bonchev–Trinajstić information content (AvgIpc) is 2.96. The SMILES string of the molecule is CNC(=O)c1ccc(N2CCC(CC3CCN(C(=O)C(O)c4cccc(OC)c4)CC3)CC2)cc1Cl.FC(F)F. The van der Waals surface area contributed by atoms with Crippen LogP contribution in [0.15, 0.2) is 42.5 Å². The fourth-order valence-corrected chi connectivity index (χ4v) is 5.69. The van der Waals surface area contributed by atoms with Gasteiger partial charge >= 0.3 is 6.68 Å². The van der Waals surface area contributed by atoms with Crippen LogP contribution < -0.4 is 15.0 Å². The van der Waals surface area contributed by atoms with Crippen molar-refractivity contribution in [2.75, 3.05) is 45.2 Å². The van der Waals surface area contributed by atoms with Crippen LogP contribution in [0.1, 0.15) is 54.1 Å². The van der Waals surface area contributed by atoms with E-state index in [1.54, 1.807) is 49.4 Å². The van der Waals surface area contributed by atoms with E-state index >= 15 is 0 Å². The summed E-state index contributed by atoms with van der Waals surface area (Å²) in [7, 11) is 3.17. The Bertz CT molecular complexity index is 1120. The molecule has 2 amide bonds. The molecule has 0 aromatic heterocycles. The van der Waals surface area contributed by atoms with Crippen LogP contribution >= 0.6 is 11.6 Å². The lowest BCUT2D eigenvalue weighted by Crippen LogP contribution is -2.42. The zero-order valence-corrected chi connectivity index (χ0v) is 23.5. The fourth-order valence-electron chi connectivity index (χ4n) is 5.43. The summed E-state index contributed by atoms with van der Waals surface area (Å²) >= 11 is 6.34. The Labute approximate surface area is 238 Å². The number of methoxy groups -OCH3 is 1. The van der Waals surface area contributed by atoms with Crippen molar-refractivity contribution in [3.63, 3.8) is 0 Å². The van der Waals surface area contributed by atoms with Gasteiger partial charge in [0.15, 0.2) is 6.10 Å². The molecule has 0 bridgehead atoms. The van der Waals surface area contributed by atoms with Gasteiger partial charge < -0.3 is 25.0 Å². The first-order chi connectivity index (χ1) is 19.1.